The van der Waals surface area contributed by atoms with E-state index in [1.807, 2.05) is 0 Å². The molecule has 0 atom stereocenters. The van der Waals surface area contributed by atoms with Gasteiger partial charge in [-0.25, -0.2) is 4.98 Å². The number of carbonyl (C=O) groups is 2. The van der Waals surface area contributed by atoms with E-state index in [4.69, 9.17) is 5.11 Å². The molecule has 1 saturated heterocycles. The highest BCUT2D eigenvalue weighted by Gasteiger charge is 2.36. The van der Waals surface area contributed by atoms with Gasteiger partial charge in [-0.2, -0.15) is 4.39 Å². The van der Waals surface area contributed by atoms with Crippen LogP contribution in [0.5, 0.6) is 0 Å². The summed E-state index contributed by atoms with van der Waals surface area (Å²) in [6.07, 6.45) is 0. The van der Waals surface area contributed by atoms with Gasteiger partial charge in [-0.1, -0.05) is 6.07 Å². The summed E-state index contributed by atoms with van der Waals surface area (Å²) >= 11 is 0. The minimum Gasteiger partial charge on any atom is -0.481 e. The second-order valence-electron chi connectivity index (χ2n) is 3.59. The lowest BCUT2D eigenvalue weighted by molar-refractivity contribution is -0.146. The zero-order valence-corrected chi connectivity index (χ0v) is 8.26. The van der Waals surface area contributed by atoms with E-state index < -0.39 is 23.7 Å². The van der Waals surface area contributed by atoms with Gasteiger partial charge in [-0.05, 0) is 12.1 Å². The molecule has 0 aliphatic carbocycles. The molecule has 84 valence electrons. The van der Waals surface area contributed by atoms with Crippen LogP contribution in [0.15, 0.2) is 18.2 Å². The van der Waals surface area contributed by atoms with E-state index in [0.717, 1.165) is 6.07 Å². The van der Waals surface area contributed by atoms with Crippen molar-refractivity contribution in [3.05, 3.63) is 29.8 Å². The number of nitrogens with zero attached hydrogens (tertiary/aromatic N) is 2. The Labute approximate surface area is 90.5 Å². The number of hydrogen-bond donors (Lipinski definition) is 1. The molecule has 5 nitrogen and oxygen atoms in total. The first kappa shape index (κ1) is 10.5. The summed E-state index contributed by atoms with van der Waals surface area (Å²) in [4.78, 5) is 27.0. The number of carboxylic acids is 1. The first-order valence-corrected chi connectivity index (χ1v) is 4.72. The van der Waals surface area contributed by atoms with Crippen LogP contribution in [0.2, 0.25) is 0 Å². The van der Waals surface area contributed by atoms with E-state index in [0.29, 0.717) is 0 Å². The van der Waals surface area contributed by atoms with Crippen molar-refractivity contribution in [1.29, 1.82) is 0 Å². The first-order chi connectivity index (χ1) is 7.58. The Kier molecular flexibility index (Phi) is 2.55. The van der Waals surface area contributed by atoms with Crippen molar-refractivity contribution >= 4 is 11.9 Å². The monoisotopic (exact) mass is 224 g/mol. The number of likely N-dealkylation sites (tertiary alicyclic amines) is 1. The van der Waals surface area contributed by atoms with Gasteiger partial charge in [0.05, 0.1) is 5.92 Å². The third kappa shape index (κ3) is 1.86. The average molecular weight is 224 g/mol. The zero-order chi connectivity index (χ0) is 11.7. The largest absolute Gasteiger partial charge is 0.481 e. The van der Waals surface area contributed by atoms with Gasteiger partial charge in [-0.3, -0.25) is 9.59 Å². The van der Waals surface area contributed by atoms with Gasteiger partial charge in [0.25, 0.3) is 5.91 Å². The topological polar surface area (TPSA) is 70.5 Å². The second kappa shape index (κ2) is 3.88. The highest BCUT2D eigenvalue weighted by Crippen LogP contribution is 2.18. The Morgan fingerprint density at radius 2 is 2.12 bits per heavy atom. The van der Waals surface area contributed by atoms with Crippen LogP contribution in [-0.2, 0) is 4.79 Å². The number of halogens is 1. The maximum Gasteiger partial charge on any atom is 0.310 e. The molecule has 2 rings (SSSR count). The highest BCUT2D eigenvalue weighted by molar-refractivity contribution is 5.93. The smallest absolute Gasteiger partial charge is 0.310 e. The average Bonchev–Trinajstić information content (AvgIpc) is 2.14. The van der Waals surface area contributed by atoms with Gasteiger partial charge in [0, 0.05) is 13.1 Å². The fourth-order valence-electron chi connectivity index (χ4n) is 1.49. The van der Waals surface area contributed by atoms with Crippen LogP contribution in [0.25, 0.3) is 0 Å². The minimum atomic E-state index is -0.920. The van der Waals surface area contributed by atoms with Gasteiger partial charge in [0.2, 0.25) is 5.95 Å². The van der Waals surface area contributed by atoms with Gasteiger partial charge >= 0.3 is 5.97 Å². The molecule has 1 fully saturated rings. The zero-order valence-electron chi connectivity index (χ0n) is 8.26. The molecule has 0 saturated carbocycles. The number of carbonyl (C=O) groups excluding carboxylic acids is 1. The molecule has 2 heterocycles. The van der Waals surface area contributed by atoms with Crippen LogP contribution in [0.4, 0.5) is 4.39 Å². The van der Waals surface area contributed by atoms with Crippen molar-refractivity contribution < 1.29 is 19.1 Å². The van der Waals surface area contributed by atoms with Gasteiger partial charge in [-0.15, -0.1) is 0 Å². The number of hydrogen-bond acceptors (Lipinski definition) is 3. The molecule has 0 aromatic carbocycles. The normalized spacial score (nSPS) is 15.7. The van der Waals surface area contributed by atoms with E-state index >= 15 is 0 Å². The Bertz CT molecular complexity index is 443. The fourth-order valence-corrected chi connectivity index (χ4v) is 1.49. The quantitative estimate of drug-likeness (QED) is 0.737. The molecule has 1 N–H and O–H groups in total. The minimum absolute atomic E-state index is 0.00355. The lowest BCUT2D eigenvalue weighted by Crippen LogP contribution is -2.53. The van der Waals surface area contributed by atoms with Crippen LogP contribution in [-0.4, -0.2) is 40.0 Å². The van der Waals surface area contributed by atoms with Crippen molar-refractivity contribution in [1.82, 2.24) is 9.88 Å². The molecule has 1 amide bonds. The number of aromatic nitrogens is 1. The molecular weight excluding hydrogens is 215 g/mol. The van der Waals surface area contributed by atoms with Crippen LogP contribution >= 0.6 is 0 Å². The van der Waals surface area contributed by atoms with Crippen molar-refractivity contribution in [2.45, 2.75) is 0 Å². The van der Waals surface area contributed by atoms with Crippen LogP contribution in [0.3, 0.4) is 0 Å². The number of aliphatic carboxylic acids is 1. The van der Waals surface area contributed by atoms with Crippen LogP contribution in [0, 0.1) is 11.9 Å². The van der Waals surface area contributed by atoms with Crippen LogP contribution < -0.4 is 0 Å². The summed E-state index contributed by atoms with van der Waals surface area (Å²) < 4.78 is 12.7. The number of carboxylic acid groups (broad SMARTS) is 1. The third-order valence-electron chi connectivity index (χ3n) is 2.45. The molecule has 1 aliphatic heterocycles. The molecule has 0 spiro atoms. The Morgan fingerprint density at radius 1 is 1.44 bits per heavy atom. The van der Waals surface area contributed by atoms with Gasteiger partial charge in [0.15, 0.2) is 0 Å². The Balaban J connectivity index is 2.03. The number of amides is 1. The molecule has 1 aromatic rings. The SMILES string of the molecule is O=C(O)C1CN(C(=O)c2cccc(F)n2)C1. The van der Waals surface area contributed by atoms with E-state index in [1.165, 1.54) is 17.0 Å². The molecular formula is C10H9FN2O3. The molecule has 1 aliphatic rings. The fraction of sp³-hybridized carbons (Fsp3) is 0.300. The Hall–Kier alpha value is -1.98. The maximum atomic E-state index is 12.7. The molecule has 6 heteroatoms. The van der Waals surface area contributed by atoms with E-state index in [9.17, 15) is 14.0 Å². The second-order valence-corrected chi connectivity index (χ2v) is 3.59. The predicted octanol–water partition coefficient (Wildman–Crippen LogP) is 0.377. The van der Waals surface area contributed by atoms with Crippen LogP contribution in [0.1, 0.15) is 10.5 Å². The lowest BCUT2D eigenvalue weighted by Gasteiger charge is -2.36. The number of pyridine rings is 1. The molecule has 0 bridgehead atoms. The third-order valence-corrected chi connectivity index (χ3v) is 2.45. The van der Waals surface area contributed by atoms with Gasteiger partial charge < -0.3 is 10.0 Å². The van der Waals surface area contributed by atoms with Crippen molar-refractivity contribution in [2.24, 2.45) is 5.92 Å². The maximum absolute atomic E-state index is 12.7. The summed E-state index contributed by atoms with van der Waals surface area (Å²) in [5, 5.41) is 8.63. The summed E-state index contributed by atoms with van der Waals surface area (Å²) in [7, 11) is 0. The van der Waals surface area contributed by atoms with E-state index in [2.05, 4.69) is 4.98 Å². The highest BCUT2D eigenvalue weighted by atomic mass is 19.1. The molecule has 0 unspecified atom stereocenters. The van der Waals surface area contributed by atoms with Crippen molar-refractivity contribution in [3.8, 4) is 0 Å². The van der Waals surface area contributed by atoms with Gasteiger partial charge in [0.1, 0.15) is 5.69 Å². The predicted molar refractivity (Wildman–Crippen MR) is 51.2 cm³/mol. The first-order valence-electron chi connectivity index (χ1n) is 4.72. The summed E-state index contributed by atoms with van der Waals surface area (Å²) in [6, 6.07) is 3.94. The molecule has 1 aromatic heterocycles. The molecule has 16 heavy (non-hydrogen) atoms. The summed E-state index contributed by atoms with van der Waals surface area (Å²) in [6.45, 7) is 0.318. The van der Waals surface area contributed by atoms with Crippen molar-refractivity contribution in [3.63, 3.8) is 0 Å². The van der Waals surface area contributed by atoms with E-state index in [-0.39, 0.29) is 18.8 Å². The van der Waals surface area contributed by atoms with Crippen molar-refractivity contribution in [2.75, 3.05) is 13.1 Å². The number of rotatable bonds is 2. The lowest BCUT2D eigenvalue weighted by atomic mass is 10.00. The van der Waals surface area contributed by atoms with E-state index in [1.54, 1.807) is 0 Å². The summed E-state index contributed by atoms with van der Waals surface area (Å²) in [5.41, 5.74) is 0.00355. The Morgan fingerprint density at radius 3 is 2.69 bits per heavy atom. The standard InChI is InChI=1S/C10H9FN2O3/c11-8-3-1-2-7(12-8)9(14)13-4-6(5-13)10(15)16/h1-3,6H,4-5H2,(H,15,16). The molecule has 0 radical (unpaired) electrons. The summed E-state index contributed by atoms with van der Waals surface area (Å²) in [5.74, 6) is -2.59.